The number of nitrogens with one attached hydrogen (secondary N) is 1. The second-order valence-electron chi connectivity index (χ2n) is 7.67. The molecule has 8 heteroatoms. The van der Waals surface area contributed by atoms with Gasteiger partial charge in [-0.1, -0.05) is 48.5 Å². The molecule has 1 saturated heterocycles. The molecule has 1 aliphatic heterocycles. The number of imide groups is 1. The second-order valence-corrected chi connectivity index (χ2v) is 7.67. The molecular formula is C23H25N3O5. The summed E-state index contributed by atoms with van der Waals surface area (Å²) < 4.78 is 5.08. The number of benzene rings is 2. The van der Waals surface area contributed by atoms with E-state index < -0.39 is 42.5 Å². The van der Waals surface area contributed by atoms with Crippen LogP contribution in [0.4, 0.5) is 10.5 Å². The number of carbonyl (C=O) groups excluding carboxylic acids is 4. The number of para-hydroxylation sites is 1. The molecule has 0 aliphatic carbocycles. The number of nitrogens with zero attached hydrogens (tertiary/aromatic N) is 2. The van der Waals surface area contributed by atoms with Crippen molar-refractivity contribution in [2.24, 2.45) is 0 Å². The van der Waals surface area contributed by atoms with Crippen molar-refractivity contribution in [1.82, 2.24) is 10.2 Å². The number of hydrogen-bond acceptors (Lipinski definition) is 5. The van der Waals surface area contributed by atoms with Crippen LogP contribution in [0, 0.1) is 0 Å². The maximum absolute atomic E-state index is 12.9. The summed E-state index contributed by atoms with van der Waals surface area (Å²) in [5.74, 6) is -1.80. The van der Waals surface area contributed by atoms with Crippen LogP contribution in [-0.2, 0) is 24.7 Å². The van der Waals surface area contributed by atoms with Crippen molar-refractivity contribution >= 4 is 29.5 Å². The molecule has 0 unspecified atom stereocenters. The minimum Gasteiger partial charge on any atom is -0.454 e. The number of ether oxygens (including phenoxy) is 1. The van der Waals surface area contributed by atoms with Crippen LogP contribution >= 0.6 is 0 Å². The van der Waals surface area contributed by atoms with Gasteiger partial charge >= 0.3 is 12.0 Å². The first-order valence-corrected chi connectivity index (χ1v) is 9.96. The Bertz CT molecular complexity index is 977. The number of esters is 1. The van der Waals surface area contributed by atoms with Crippen LogP contribution in [0.25, 0.3) is 0 Å². The van der Waals surface area contributed by atoms with Crippen molar-refractivity contribution in [3.63, 3.8) is 0 Å². The third-order valence-electron chi connectivity index (χ3n) is 5.09. The van der Waals surface area contributed by atoms with E-state index in [1.807, 2.05) is 32.0 Å². The van der Waals surface area contributed by atoms with E-state index in [0.717, 1.165) is 4.90 Å². The van der Waals surface area contributed by atoms with Crippen molar-refractivity contribution in [1.29, 1.82) is 0 Å². The molecule has 2 aromatic carbocycles. The largest absolute Gasteiger partial charge is 0.454 e. The Morgan fingerprint density at radius 1 is 1.03 bits per heavy atom. The summed E-state index contributed by atoms with van der Waals surface area (Å²) in [6.07, 6.45) is 0. The highest BCUT2D eigenvalue weighted by molar-refractivity contribution is 6.09. The van der Waals surface area contributed by atoms with Gasteiger partial charge < -0.3 is 15.0 Å². The topological polar surface area (TPSA) is 96.0 Å². The van der Waals surface area contributed by atoms with E-state index in [2.05, 4.69) is 5.32 Å². The summed E-state index contributed by atoms with van der Waals surface area (Å²) in [6.45, 7) is 4.21. The van der Waals surface area contributed by atoms with Gasteiger partial charge in [0.25, 0.3) is 11.8 Å². The van der Waals surface area contributed by atoms with Gasteiger partial charge in [-0.2, -0.15) is 0 Å². The van der Waals surface area contributed by atoms with Crippen LogP contribution in [-0.4, -0.2) is 47.9 Å². The van der Waals surface area contributed by atoms with Crippen LogP contribution in [0.2, 0.25) is 0 Å². The standard InChI is InChI=1S/C23H25N3O5/c1-16(2)26(18-12-8-5-9-13-18)19(27)15-31-20(28)14-25-21(29)23(3,24-22(25)30)17-10-6-4-7-11-17/h4-13,16H,14-15H2,1-3H3,(H,24,30)/t23-/m1/s1. The molecule has 3 rings (SSSR count). The monoisotopic (exact) mass is 423 g/mol. The molecule has 0 aromatic heterocycles. The predicted octanol–water partition coefficient (Wildman–Crippen LogP) is 2.44. The number of rotatable bonds is 7. The Hall–Kier alpha value is -3.68. The van der Waals surface area contributed by atoms with Crippen molar-refractivity contribution < 1.29 is 23.9 Å². The minimum atomic E-state index is -1.27. The quantitative estimate of drug-likeness (QED) is 0.545. The fourth-order valence-corrected chi connectivity index (χ4v) is 3.51. The van der Waals surface area contributed by atoms with Crippen molar-refractivity contribution in [2.45, 2.75) is 32.4 Å². The van der Waals surface area contributed by atoms with Crippen LogP contribution in [0.3, 0.4) is 0 Å². The number of urea groups is 1. The fourth-order valence-electron chi connectivity index (χ4n) is 3.51. The van der Waals surface area contributed by atoms with Gasteiger partial charge in [-0.15, -0.1) is 0 Å². The zero-order chi connectivity index (χ0) is 22.6. The van der Waals surface area contributed by atoms with Crippen LogP contribution < -0.4 is 10.2 Å². The van der Waals surface area contributed by atoms with Gasteiger partial charge in [0.05, 0.1) is 0 Å². The van der Waals surface area contributed by atoms with Crippen LogP contribution in [0.15, 0.2) is 60.7 Å². The average Bonchev–Trinajstić information content (AvgIpc) is 2.97. The molecule has 0 saturated carbocycles. The summed E-state index contributed by atoms with van der Waals surface area (Å²) in [5, 5.41) is 2.63. The third-order valence-corrected chi connectivity index (χ3v) is 5.09. The van der Waals surface area contributed by atoms with E-state index in [-0.39, 0.29) is 6.04 Å². The summed E-state index contributed by atoms with van der Waals surface area (Å²) in [7, 11) is 0. The molecule has 0 bridgehead atoms. The molecule has 1 fully saturated rings. The number of anilines is 1. The maximum Gasteiger partial charge on any atom is 0.326 e. The fraction of sp³-hybridized carbons (Fsp3) is 0.304. The highest BCUT2D eigenvalue weighted by Gasteiger charge is 2.49. The minimum absolute atomic E-state index is 0.147. The molecule has 1 heterocycles. The lowest BCUT2D eigenvalue weighted by Gasteiger charge is -2.26. The number of amides is 4. The molecule has 0 spiro atoms. The Kier molecular flexibility index (Phi) is 6.39. The van der Waals surface area contributed by atoms with Crippen molar-refractivity contribution in [3.05, 3.63) is 66.2 Å². The van der Waals surface area contributed by atoms with E-state index in [1.165, 1.54) is 4.90 Å². The highest BCUT2D eigenvalue weighted by atomic mass is 16.5. The third kappa shape index (κ3) is 4.58. The van der Waals surface area contributed by atoms with E-state index in [4.69, 9.17) is 4.74 Å². The SMILES string of the molecule is CC(C)N(C(=O)COC(=O)CN1C(=O)N[C@](C)(c2ccccc2)C1=O)c1ccccc1. The van der Waals surface area contributed by atoms with Gasteiger partial charge in [0.1, 0.15) is 12.1 Å². The van der Waals surface area contributed by atoms with Crippen molar-refractivity contribution in [2.75, 3.05) is 18.1 Å². The van der Waals surface area contributed by atoms with Gasteiger partial charge in [0.2, 0.25) is 0 Å². The van der Waals surface area contributed by atoms with E-state index in [0.29, 0.717) is 11.3 Å². The van der Waals surface area contributed by atoms with Gasteiger partial charge in [0.15, 0.2) is 6.61 Å². The summed E-state index contributed by atoms with van der Waals surface area (Å²) in [5.41, 5.74) is 0.0250. The normalized spacial score (nSPS) is 18.1. The number of hydrogen-bond donors (Lipinski definition) is 1. The lowest BCUT2D eigenvalue weighted by Crippen LogP contribution is -2.42. The zero-order valence-corrected chi connectivity index (χ0v) is 17.7. The first-order valence-electron chi connectivity index (χ1n) is 9.96. The zero-order valence-electron chi connectivity index (χ0n) is 17.7. The van der Waals surface area contributed by atoms with Gasteiger partial charge in [-0.3, -0.25) is 19.3 Å². The summed E-state index contributed by atoms with van der Waals surface area (Å²) in [4.78, 5) is 52.5. The van der Waals surface area contributed by atoms with Crippen LogP contribution in [0.5, 0.6) is 0 Å². The summed E-state index contributed by atoms with van der Waals surface area (Å²) >= 11 is 0. The van der Waals surface area contributed by atoms with Gasteiger partial charge in [-0.25, -0.2) is 4.79 Å². The summed E-state index contributed by atoms with van der Waals surface area (Å²) in [6, 6.07) is 17.0. The lowest BCUT2D eigenvalue weighted by molar-refractivity contribution is -0.150. The Labute approximate surface area is 180 Å². The molecule has 4 amide bonds. The first kappa shape index (κ1) is 22.0. The average molecular weight is 423 g/mol. The second kappa shape index (κ2) is 8.99. The Balaban J connectivity index is 1.62. The number of carbonyl (C=O) groups is 4. The van der Waals surface area contributed by atoms with Gasteiger partial charge in [-0.05, 0) is 38.5 Å². The lowest BCUT2D eigenvalue weighted by atomic mass is 9.92. The smallest absolute Gasteiger partial charge is 0.326 e. The van der Waals surface area contributed by atoms with E-state index in [1.54, 1.807) is 49.4 Å². The molecule has 0 radical (unpaired) electrons. The molecule has 8 nitrogen and oxygen atoms in total. The Morgan fingerprint density at radius 3 is 2.19 bits per heavy atom. The molecular weight excluding hydrogens is 398 g/mol. The van der Waals surface area contributed by atoms with Gasteiger partial charge in [0, 0.05) is 11.7 Å². The molecule has 31 heavy (non-hydrogen) atoms. The van der Waals surface area contributed by atoms with E-state index in [9.17, 15) is 19.2 Å². The maximum atomic E-state index is 12.9. The Morgan fingerprint density at radius 2 is 1.61 bits per heavy atom. The molecule has 1 N–H and O–H groups in total. The first-order chi connectivity index (χ1) is 14.7. The molecule has 1 atom stereocenters. The molecule has 1 aliphatic rings. The van der Waals surface area contributed by atoms with Crippen LogP contribution in [0.1, 0.15) is 26.3 Å². The molecule has 2 aromatic rings. The van der Waals surface area contributed by atoms with Crippen molar-refractivity contribution in [3.8, 4) is 0 Å². The predicted molar refractivity (Wildman–Crippen MR) is 114 cm³/mol. The highest BCUT2D eigenvalue weighted by Crippen LogP contribution is 2.28. The molecule has 162 valence electrons. The van der Waals surface area contributed by atoms with E-state index >= 15 is 0 Å².